The lowest BCUT2D eigenvalue weighted by atomic mass is 9.63. The summed E-state index contributed by atoms with van der Waals surface area (Å²) in [6.45, 7) is 12.8. The highest BCUT2D eigenvalue weighted by Gasteiger charge is 2.40. The Kier molecular flexibility index (Phi) is 3.63. The van der Waals surface area contributed by atoms with Crippen molar-refractivity contribution in [3.63, 3.8) is 0 Å². The normalized spacial score (nSPS) is 30.2. The van der Waals surface area contributed by atoms with Gasteiger partial charge in [0.15, 0.2) is 0 Å². The van der Waals surface area contributed by atoms with Crippen LogP contribution in [0.1, 0.15) is 48.0 Å². The molecule has 2 nitrogen and oxygen atoms in total. The largest absolute Gasteiger partial charge is 0.348 e. The van der Waals surface area contributed by atoms with Crippen molar-refractivity contribution in [3.8, 4) is 0 Å². The number of fused-ring (bicyclic) bond motifs is 1. The maximum atomic E-state index is 12.5. The van der Waals surface area contributed by atoms with E-state index in [0.29, 0.717) is 23.7 Å². The number of allylic oxidation sites excluding steroid dienone is 3. The first-order valence-electron chi connectivity index (χ1n) is 7.41. The lowest BCUT2D eigenvalue weighted by Gasteiger charge is -2.42. The molecule has 0 aliphatic heterocycles. The molecule has 2 bridgehead atoms. The van der Waals surface area contributed by atoms with E-state index in [1.54, 1.807) is 0 Å². The highest BCUT2D eigenvalue weighted by molar-refractivity contribution is 5.95. The van der Waals surface area contributed by atoms with Crippen molar-refractivity contribution in [1.29, 1.82) is 0 Å². The summed E-state index contributed by atoms with van der Waals surface area (Å²) in [7, 11) is 0. The second-order valence-electron chi connectivity index (χ2n) is 7.51. The molecule has 0 aromatic rings. The van der Waals surface area contributed by atoms with E-state index in [9.17, 15) is 4.79 Å². The molecule has 0 aromatic carbocycles. The minimum atomic E-state index is -0.166. The summed E-state index contributed by atoms with van der Waals surface area (Å²) in [5.41, 5.74) is 2.27. The zero-order valence-electron chi connectivity index (χ0n) is 13.1. The van der Waals surface area contributed by atoms with Crippen LogP contribution in [0.3, 0.4) is 0 Å². The Labute approximate surface area is 117 Å². The first-order chi connectivity index (χ1) is 8.69. The summed E-state index contributed by atoms with van der Waals surface area (Å²) in [5, 5.41) is 3.11. The van der Waals surface area contributed by atoms with Crippen LogP contribution in [0.15, 0.2) is 23.3 Å². The Bertz CT molecular complexity index is 437. The Hall–Kier alpha value is -1.05. The van der Waals surface area contributed by atoms with Crippen molar-refractivity contribution in [1.82, 2.24) is 5.32 Å². The van der Waals surface area contributed by atoms with Crippen molar-refractivity contribution in [2.75, 3.05) is 0 Å². The summed E-state index contributed by atoms with van der Waals surface area (Å²) in [6.07, 6.45) is 5.74. The van der Waals surface area contributed by atoms with Gasteiger partial charge in [-0.1, -0.05) is 31.6 Å². The van der Waals surface area contributed by atoms with Gasteiger partial charge in [0.25, 0.3) is 0 Å². The average Bonchev–Trinajstić information content (AvgIpc) is 2.26. The molecule has 3 aliphatic carbocycles. The molecule has 3 aliphatic rings. The Morgan fingerprint density at radius 3 is 2.42 bits per heavy atom. The van der Waals surface area contributed by atoms with Gasteiger partial charge in [0.1, 0.15) is 0 Å². The summed E-state index contributed by atoms with van der Waals surface area (Å²) in [4.78, 5) is 12.5. The summed E-state index contributed by atoms with van der Waals surface area (Å²) >= 11 is 0. The SMILES string of the molecule is CC1=C[C@H]2C(C(=O)NC(C)(C)C)=C[C@H]1C[C@@H]2C(C)C. The molecule has 0 spiro atoms. The monoisotopic (exact) mass is 261 g/mol. The van der Waals surface area contributed by atoms with E-state index in [-0.39, 0.29) is 11.4 Å². The third-order valence-corrected chi connectivity index (χ3v) is 4.36. The van der Waals surface area contributed by atoms with Crippen LogP contribution in [0.5, 0.6) is 0 Å². The van der Waals surface area contributed by atoms with Gasteiger partial charge in [-0.05, 0) is 51.9 Å². The van der Waals surface area contributed by atoms with Crippen LogP contribution in [0.4, 0.5) is 0 Å². The van der Waals surface area contributed by atoms with Gasteiger partial charge in [-0.25, -0.2) is 0 Å². The van der Waals surface area contributed by atoms with Crippen molar-refractivity contribution in [2.45, 2.75) is 53.5 Å². The molecule has 0 saturated carbocycles. The highest BCUT2D eigenvalue weighted by atomic mass is 16.1. The third kappa shape index (κ3) is 2.93. The second kappa shape index (κ2) is 4.81. The van der Waals surface area contributed by atoms with Gasteiger partial charge >= 0.3 is 0 Å². The van der Waals surface area contributed by atoms with Crippen molar-refractivity contribution < 1.29 is 4.79 Å². The van der Waals surface area contributed by atoms with Crippen molar-refractivity contribution in [3.05, 3.63) is 23.3 Å². The molecule has 3 atom stereocenters. The molecule has 0 fully saturated rings. The van der Waals surface area contributed by atoms with Crippen LogP contribution in [-0.4, -0.2) is 11.4 Å². The van der Waals surface area contributed by atoms with E-state index in [4.69, 9.17) is 0 Å². The number of carbonyl (C=O) groups excluding carboxylic acids is 1. The quantitative estimate of drug-likeness (QED) is 0.755. The van der Waals surface area contributed by atoms with E-state index < -0.39 is 0 Å². The summed E-state index contributed by atoms with van der Waals surface area (Å²) in [6, 6.07) is 0. The van der Waals surface area contributed by atoms with Crippen LogP contribution >= 0.6 is 0 Å². The van der Waals surface area contributed by atoms with Gasteiger partial charge in [-0.15, -0.1) is 0 Å². The van der Waals surface area contributed by atoms with Gasteiger partial charge in [-0.2, -0.15) is 0 Å². The van der Waals surface area contributed by atoms with Gasteiger partial charge in [0, 0.05) is 17.0 Å². The predicted octanol–water partition coefficient (Wildman–Crippen LogP) is 3.70. The number of carbonyl (C=O) groups is 1. The Balaban J connectivity index is 2.24. The molecule has 0 radical (unpaired) electrons. The summed E-state index contributed by atoms with van der Waals surface area (Å²) < 4.78 is 0. The van der Waals surface area contributed by atoms with Gasteiger partial charge in [-0.3, -0.25) is 4.79 Å². The Morgan fingerprint density at radius 2 is 1.95 bits per heavy atom. The smallest absolute Gasteiger partial charge is 0.247 e. The third-order valence-electron chi connectivity index (χ3n) is 4.36. The van der Waals surface area contributed by atoms with Crippen LogP contribution in [0, 0.1) is 23.7 Å². The molecule has 0 aromatic heterocycles. The van der Waals surface area contributed by atoms with Gasteiger partial charge < -0.3 is 5.32 Å². The fourth-order valence-corrected chi connectivity index (χ4v) is 3.33. The minimum absolute atomic E-state index is 0.122. The molecule has 106 valence electrons. The van der Waals surface area contributed by atoms with E-state index in [1.807, 2.05) is 20.8 Å². The standard InChI is InChI=1S/C17H27NO/c1-10(2)13-8-12-9-15(14(13)7-11(12)3)16(19)18-17(4,5)6/h7,9-10,12-14H,8H2,1-6H3,(H,18,19)/t12-,13-,14-/m1/s1. The van der Waals surface area contributed by atoms with E-state index in [0.717, 1.165) is 5.57 Å². The maximum Gasteiger partial charge on any atom is 0.247 e. The first-order valence-corrected chi connectivity index (χ1v) is 7.41. The van der Waals surface area contributed by atoms with Gasteiger partial charge in [0.2, 0.25) is 5.91 Å². The highest BCUT2D eigenvalue weighted by Crippen LogP contribution is 2.46. The number of amides is 1. The van der Waals surface area contributed by atoms with E-state index in [2.05, 4.69) is 38.2 Å². The van der Waals surface area contributed by atoms with Crippen LogP contribution < -0.4 is 5.32 Å². The average molecular weight is 261 g/mol. The molecular weight excluding hydrogens is 234 g/mol. The zero-order chi connectivity index (χ0) is 14.4. The van der Waals surface area contributed by atoms with E-state index in [1.165, 1.54) is 12.0 Å². The number of rotatable bonds is 2. The predicted molar refractivity (Wildman–Crippen MR) is 79.7 cm³/mol. The topological polar surface area (TPSA) is 29.1 Å². The van der Waals surface area contributed by atoms with Crippen LogP contribution in [0.2, 0.25) is 0 Å². The number of hydrogen-bond acceptors (Lipinski definition) is 1. The van der Waals surface area contributed by atoms with E-state index >= 15 is 0 Å². The molecule has 0 unspecified atom stereocenters. The van der Waals surface area contributed by atoms with Crippen molar-refractivity contribution >= 4 is 5.91 Å². The number of hydrogen-bond donors (Lipinski definition) is 1. The lowest BCUT2D eigenvalue weighted by molar-refractivity contribution is -0.119. The lowest BCUT2D eigenvalue weighted by Crippen LogP contribution is -2.45. The van der Waals surface area contributed by atoms with Crippen molar-refractivity contribution in [2.24, 2.45) is 23.7 Å². The Morgan fingerprint density at radius 1 is 1.32 bits per heavy atom. The fourth-order valence-electron chi connectivity index (χ4n) is 3.33. The molecule has 0 saturated heterocycles. The molecular formula is C17H27NO. The second-order valence-corrected chi connectivity index (χ2v) is 7.51. The molecule has 2 heteroatoms. The minimum Gasteiger partial charge on any atom is -0.348 e. The molecule has 1 amide bonds. The zero-order valence-corrected chi connectivity index (χ0v) is 13.1. The first kappa shape index (κ1) is 14.4. The molecule has 3 rings (SSSR count). The fraction of sp³-hybridized carbons (Fsp3) is 0.706. The molecule has 0 heterocycles. The molecule has 19 heavy (non-hydrogen) atoms. The molecule has 1 N–H and O–H groups in total. The van der Waals surface area contributed by atoms with Crippen LogP contribution in [-0.2, 0) is 4.79 Å². The maximum absolute atomic E-state index is 12.5. The van der Waals surface area contributed by atoms with Crippen LogP contribution in [0.25, 0.3) is 0 Å². The number of nitrogens with one attached hydrogen (secondary N) is 1. The van der Waals surface area contributed by atoms with Gasteiger partial charge in [0.05, 0.1) is 0 Å². The summed E-state index contributed by atoms with van der Waals surface area (Å²) in [5.74, 6) is 2.14.